The topological polar surface area (TPSA) is 39.4 Å². The van der Waals surface area contributed by atoms with Gasteiger partial charge in [-0.25, -0.2) is 0 Å². The third-order valence-corrected chi connectivity index (χ3v) is 2.77. The van der Waals surface area contributed by atoms with E-state index in [-0.39, 0.29) is 16.9 Å². The molecule has 0 amide bonds. The van der Waals surface area contributed by atoms with Crippen molar-refractivity contribution >= 4 is 17.4 Å². The van der Waals surface area contributed by atoms with Crippen molar-refractivity contribution in [2.75, 3.05) is 13.2 Å². The van der Waals surface area contributed by atoms with E-state index in [1.54, 1.807) is 6.07 Å². The molecule has 0 aliphatic carbocycles. The Morgan fingerprint density at radius 1 is 1.43 bits per heavy atom. The zero-order valence-corrected chi connectivity index (χ0v) is 8.42. The highest BCUT2D eigenvalue weighted by molar-refractivity contribution is 6.32. The number of furan rings is 1. The maximum Gasteiger partial charge on any atom is 0.203 e. The summed E-state index contributed by atoms with van der Waals surface area (Å²) in [6.07, 6.45) is 3.00. The van der Waals surface area contributed by atoms with E-state index in [0.717, 1.165) is 12.8 Å². The highest BCUT2D eigenvalue weighted by Gasteiger charge is 2.25. The molecule has 0 radical (unpaired) electrons. The van der Waals surface area contributed by atoms with E-state index in [1.165, 1.54) is 6.26 Å². The number of hydrogen-bond donors (Lipinski definition) is 0. The van der Waals surface area contributed by atoms with E-state index in [1.807, 2.05) is 0 Å². The predicted octanol–water partition coefficient (Wildman–Crippen LogP) is 2.54. The van der Waals surface area contributed by atoms with Gasteiger partial charge in [0.15, 0.2) is 5.78 Å². The van der Waals surface area contributed by atoms with Gasteiger partial charge in [-0.2, -0.15) is 0 Å². The molecule has 0 saturated carbocycles. The van der Waals surface area contributed by atoms with Gasteiger partial charge in [-0.05, 0) is 30.5 Å². The summed E-state index contributed by atoms with van der Waals surface area (Å²) < 4.78 is 10.1. The lowest BCUT2D eigenvalue weighted by Gasteiger charge is -2.20. The molecule has 1 aromatic rings. The number of hydrogen-bond acceptors (Lipinski definition) is 3. The Kier molecular flexibility index (Phi) is 2.89. The van der Waals surface area contributed by atoms with Crippen molar-refractivity contribution in [1.29, 1.82) is 0 Å². The molecule has 1 saturated heterocycles. The van der Waals surface area contributed by atoms with Crippen LogP contribution in [-0.2, 0) is 4.74 Å². The smallest absolute Gasteiger partial charge is 0.203 e. The molecule has 14 heavy (non-hydrogen) atoms. The maximum atomic E-state index is 11.9. The van der Waals surface area contributed by atoms with Crippen LogP contribution in [0.3, 0.4) is 0 Å². The second kappa shape index (κ2) is 4.15. The van der Waals surface area contributed by atoms with Gasteiger partial charge >= 0.3 is 0 Å². The number of Topliss-reactive ketones (excluding diaryl/α,β-unsaturated/α-hetero) is 1. The van der Waals surface area contributed by atoms with Crippen molar-refractivity contribution in [3.8, 4) is 0 Å². The quantitative estimate of drug-likeness (QED) is 0.711. The monoisotopic (exact) mass is 214 g/mol. The van der Waals surface area contributed by atoms with E-state index < -0.39 is 0 Å². The molecule has 0 N–H and O–H groups in total. The molecule has 0 spiro atoms. The molecule has 1 fully saturated rings. The molecule has 0 bridgehead atoms. The molecule has 1 aliphatic rings. The number of ketones is 1. The van der Waals surface area contributed by atoms with Crippen molar-refractivity contribution in [1.82, 2.24) is 0 Å². The first-order valence-electron chi connectivity index (χ1n) is 4.64. The van der Waals surface area contributed by atoms with Gasteiger partial charge in [-0.15, -0.1) is 0 Å². The molecule has 3 nitrogen and oxygen atoms in total. The molecular formula is C10H11ClO3. The summed E-state index contributed by atoms with van der Waals surface area (Å²) in [5.74, 6) is 0.117. The third-order valence-electron chi connectivity index (χ3n) is 2.48. The number of carbonyl (C=O) groups is 1. The SMILES string of the molecule is O=C(c1ccoc1Cl)C1CCOCC1. The molecule has 0 unspecified atom stereocenters. The van der Waals surface area contributed by atoms with Crippen LogP contribution in [-0.4, -0.2) is 19.0 Å². The van der Waals surface area contributed by atoms with Crippen LogP contribution in [0.1, 0.15) is 23.2 Å². The van der Waals surface area contributed by atoms with E-state index in [4.69, 9.17) is 20.8 Å². The van der Waals surface area contributed by atoms with Crippen molar-refractivity contribution < 1.29 is 13.9 Å². The number of rotatable bonds is 2. The Morgan fingerprint density at radius 3 is 2.71 bits per heavy atom. The largest absolute Gasteiger partial charge is 0.452 e. The highest BCUT2D eigenvalue weighted by Crippen LogP contribution is 2.25. The Morgan fingerprint density at radius 2 is 2.14 bits per heavy atom. The molecule has 2 rings (SSSR count). The van der Waals surface area contributed by atoms with E-state index in [9.17, 15) is 4.79 Å². The molecule has 0 atom stereocenters. The summed E-state index contributed by atoms with van der Waals surface area (Å²) in [6, 6.07) is 1.63. The first-order valence-corrected chi connectivity index (χ1v) is 5.02. The van der Waals surface area contributed by atoms with Crippen molar-refractivity contribution in [2.24, 2.45) is 5.92 Å². The van der Waals surface area contributed by atoms with E-state index >= 15 is 0 Å². The minimum absolute atomic E-state index is 0.0406. The van der Waals surface area contributed by atoms with Crippen LogP contribution >= 0.6 is 11.6 Å². The number of halogens is 1. The lowest BCUT2D eigenvalue weighted by atomic mass is 9.92. The summed E-state index contributed by atoms with van der Waals surface area (Å²) in [5, 5.41) is 0.196. The van der Waals surface area contributed by atoms with Crippen LogP contribution < -0.4 is 0 Å². The van der Waals surface area contributed by atoms with Crippen LogP contribution in [0.15, 0.2) is 16.7 Å². The fourth-order valence-corrected chi connectivity index (χ4v) is 1.86. The van der Waals surface area contributed by atoms with Crippen LogP contribution in [0.2, 0.25) is 5.22 Å². The lowest BCUT2D eigenvalue weighted by Crippen LogP contribution is -2.23. The molecule has 4 heteroatoms. The zero-order valence-electron chi connectivity index (χ0n) is 7.66. The van der Waals surface area contributed by atoms with Gasteiger partial charge in [0.1, 0.15) is 0 Å². The fourth-order valence-electron chi connectivity index (χ4n) is 1.65. The standard InChI is InChI=1S/C10H11ClO3/c11-10-8(3-6-14-10)9(12)7-1-4-13-5-2-7/h3,6-7H,1-2,4-5H2. The average molecular weight is 215 g/mol. The summed E-state index contributed by atoms with van der Waals surface area (Å²) in [4.78, 5) is 11.9. The van der Waals surface area contributed by atoms with E-state index in [2.05, 4.69) is 0 Å². The second-order valence-electron chi connectivity index (χ2n) is 3.36. The normalized spacial score (nSPS) is 18.4. The lowest BCUT2D eigenvalue weighted by molar-refractivity contribution is 0.0544. The number of carbonyl (C=O) groups excluding carboxylic acids is 1. The summed E-state index contributed by atoms with van der Waals surface area (Å²) in [7, 11) is 0. The molecule has 76 valence electrons. The first kappa shape index (κ1) is 9.74. The second-order valence-corrected chi connectivity index (χ2v) is 3.70. The first-order chi connectivity index (χ1) is 6.79. The minimum atomic E-state index is 0.0406. The van der Waals surface area contributed by atoms with Gasteiger partial charge < -0.3 is 9.15 Å². The minimum Gasteiger partial charge on any atom is -0.452 e. The van der Waals surface area contributed by atoms with E-state index in [0.29, 0.717) is 18.8 Å². The maximum absolute atomic E-state index is 11.9. The molecule has 1 aromatic heterocycles. The summed E-state index contributed by atoms with van der Waals surface area (Å²) in [6.45, 7) is 1.32. The average Bonchev–Trinajstić information content (AvgIpc) is 2.65. The van der Waals surface area contributed by atoms with Gasteiger partial charge in [-0.3, -0.25) is 4.79 Å². The molecular weight excluding hydrogens is 204 g/mol. The predicted molar refractivity (Wildman–Crippen MR) is 51.6 cm³/mol. The van der Waals surface area contributed by atoms with Gasteiger partial charge in [0.05, 0.1) is 11.8 Å². The van der Waals surface area contributed by atoms with Crippen LogP contribution in [0.4, 0.5) is 0 Å². The van der Waals surface area contributed by atoms with Gasteiger partial charge in [0, 0.05) is 19.1 Å². The Balaban J connectivity index is 2.11. The van der Waals surface area contributed by atoms with Crippen LogP contribution in [0, 0.1) is 5.92 Å². The van der Waals surface area contributed by atoms with Crippen molar-refractivity contribution in [3.05, 3.63) is 23.1 Å². The highest BCUT2D eigenvalue weighted by atomic mass is 35.5. The fraction of sp³-hybridized carbons (Fsp3) is 0.500. The zero-order chi connectivity index (χ0) is 9.97. The molecule has 0 aromatic carbocycles. The third kappa shape index (κ3) is 1.83. The van der Waals surface area contributed by atoms with Crippen molar-refractivity contribution in [2.45, 2.75) is 12.8 Å². The molecule has 2 heterocycles. The molecule has 1 aliphatic heterocycles. The van der Waals surface area contributed by atoms with Crippen LogP contribution in [0.25, 0.3) is 0 Å². The summed E-state index contributed by atoms with van der Waals surface area (Å²) >= 11 is 5.74. The van der Waals surface area contributed by atoms with Gasteiger partial charge in [0.2, 0.25) is 5.22 Å². The Bertz CT molecular complexity index is 326. The Labute approximate surface area is 87.0 Å². The van der Waals surface area contributed by atoms with Crippen molar-refractivity contribution in [3.63, 3.8) is 0 Å². The Hall–Kier alpha value is -0.800. The number of ether oxygens (including phenoxy) is 1. The van der Waals surface area contributed by atoms with Crippen LogP contribution in [0.5, 0.6) is 0 Å². The summed E-state index contributed by atoms with van der Waals surface area (Å²) in [5.41, 5.74) is 0.499. The van der Waals surface area contributed by atoms with Gasteiger partial charge in [0.25, 0.3) is 0 Å². The van der Waals surface area contributed by atoms with Gasteiger partial charge in [-0.1, -0.05) is 0 Å².